The van der Waals surface area contributed by atoms with Crippen molar-refractivity contribution >= 4 is 0 Å². The lowest BCUT2D eigenvalue weighted by molar-refractivity contribution is -0.159. The maximum atomic E-state index is 13.3. The smallest absolute Gasteiger partial charge is 0.266 e. The summed E-state index contributed by atoms with van der Waals surface area (Å²) in [5.74, 6) is 3.27. The van der Waals surface area contributed by atoms with Crippen LogP contribution < -0.4 is 0 Å². The lowest BCUT2D eigenvalue weighted by Crippen LogP contribution is -2.52. The fraction of sp³-hybridized carbons (Fsp3) is 0.909. The van der Waals surface area contributed by atoms with Crippen molar-refractivity contribution in [3.63, 3.8) is 0 Å². The standard InChI is InChI=1S/C22H34F2O2/c1-13(12-25)18-5-6-19-17-4-3-14-11-22(26,20(23)24)10-8-15(14)16(17)7-9-21(18,19)2/h14-20,25-26H,1,3-12H2,2H3/t14-,15+,16-,17-,18-,19+,21-,22+/m1/s1. The highest BCUT2D eigenvalue weighted by Gasteiger charge is 2.58. The van der Waals surface area contributed by atoms with Gasteiger partial charge in [-0.15, -0.1) is 0 Å². The number of fused-ring (bicyclic) bond motifs is 5. The maximum absolute atomic E-state index is 13.3. The summed E-state index contributed by atoms with van der Waals surface area (Å²) in [6.07, 6.45) is 5.56. The van der Waals surface area contributed by atoms with Gasteiger partial charge < -0.3 is 10.2 Å². The Morgan fingerprint density at radius 2 is 1.77 bits per heavy atom. The first-order valence-electron chi connectivity index (χ1n) is 10.6. The molecule has 2 N–H and O–H groups in total. The van der Waals surface area contributed by atoms with Crippen LogP contribution in [-0.4, -0.2) is 28.8 Å². The number of rotatable bonds is 3. The first-order valence-corrected chi connectivity index (χ1v) is 10.6. The van der Waals surface area contributed by atoms with Crippen LogP contribution in [0.15, 0.2) is 12.2 Å². The Bertz CT molecular complexity index is 564. The van der Waals surface area contributed by atoms with Crippen LogP contribution in [0.2, 0.25) is 0 Å². The molecule has 0 aromatic rings. The van der Waals surface area contributed by atoms with E-state index in [2.05, 4.69) is 13.5 Å². The van der Waals surface area contributed by atoms with E-state index in [0.29, 0.717) is 36.0 Å². The van der Waals surface area contributed by atoms with Crippen LogP contribution in [0.4, 0.5) is 8.78 Å². The van der Waals surface area contributed by atoms with Crippen molar-refractivity contribution < 1.29 is 19.0 Å². The largest absolute Gasteiger partial charge is 0.392 e. The second kappa shape index (κ2) is 6.55. The minimum absolute atomic E-state index is 0.0952. The summed E-state index contributed by atoms with van der Waals surface area (Å²) < 4.78 is 26.6. The van der Waals surface area contributed by atoms with Crippen molar-refractivity contribution in [3.8, 4) is 0 Å². The minimum atomic E-state index is -2.61. The van der Waals surface area contributed by atoms with Crippen LogP contribution in [0.3, 0.4) is 0 Å². The highest BCUT2D eigenvalue weighted by molar-refractivity contribution is 5.15. The van der Waals surface area contributed by atoms with Gasteiger partial charge in [0.2, 0.25) is 0 Å². The number of alkyl halides is 2. The summed E-state index contributed by atoms with van der Waals surface area (Å²) in [6.45, 7) is 6.65. The number of aliphatic hydroxyl groups is 2. The molecule has 0 spiro atoms. The normalized spacial score (nSPS) is 50.8. The van der Waals surface area contributed by atoms with Crippen LogP contribution >= 0.6 is 0 Å². The molecule has 2 nitrogen and oxygen atoms in total. The average molecular weight is 369 g/mol. The van der Waals surface area contributed by atoms with Crippen LogP contribution in [0, 0.1) is 40.9 Å². The average Bonchev–Trinajstić information content (AvgIpc) is 2.97. The van der Waals surface area contributed by atoms with Gasteiger partial charge in [-0.25, -0.2) is 8.78 Å². The van der Waals surface area contributed by atoms with Crippen LogP contribution in [-0.2, 0) is 0 Å². The van der Waals surface area contributed by atoms with E-state index >= 15 is 0 Å². The molecule has 4 aliphatic carbocycles. The van der Waals surface area contributed by atoms with Gasteiger partial charge in [-0.05, 0) is 104 Å². The number of aliphatic hydroxyl groups excluding tert-OH is 1. The van der Waals surface area contributed by atoms with Crippen molar-refractivity contribution in [2.75, 3.05) is 6.61 Å². The van der Waals surface area contributed by atoms with Crippen molar-refractivity contribution in [2.24, 2.45) is 40.9 Å². The van der Waals surface area contributed by atoms with Gasteiger partial charge in [0.25, 0.3) is 6.43 Å². The second-order valence-electron chi connectivity index (χ2n) is 10.1. The Balaban J connectivity index is 1.52. The first kappa shape index (κ1) is 18.9. The predicted octanol–water partition coefficient (Wildman–Crippen LogP) is 4.80. The lowest BCUT2D eigenvalue weighted by atomic mass is 9.48. The topological polar surface area (TPSA) is 40.5 Å². The zero-order chi connectivity index (χ0) is 18.7. The van der Waals surface area contributed by atoms with Crippen LogP contribution in [0.5, 0.6) is 0 Å². The van der Waals surface area contributed by atoms with E-state index in [9.17, 15) is 19.0 Å². The molecule has 26 heavy (non-hydrogen) atoms. The molecule has 0 saturated heterocycles. The maximum Gasteiger partial charge on any atom is 0.266 e. The van der Waals surface area contributed by atoms with Gasteiger partial charge in [-0.3, -0.25) is 0 Å². The van der Waals surface area contributed by atoms with Gasteiger partial charge in [-0.1, -0.05) is 13.5 Å². The van der Waals surface area contributed by atoms with E-state index in [0.717, 1.165) is 31.3 Å². The Hall–Kier alpha value is -0.480. The SMILES string of the molecule is C=C(CO)[C@H]1CC[C@H]2[C@@H]3CC[C@@H]4C[C@](O)(C(F)F)CC[C@@H]4[C@H]3CC[C@]12C. The molecular weight excluding hydrogens is 334 g/mol. The first-order chi connectivity index (χ1) is 12.3. The van der Waals surface area contributed by atoms with Gasteiger partial charge in [0.1, 0.15) is 5.60 Å². The van der Waals surface area contributed by atoms with Crippen molar-refractivity contribution in [2.45, 2.75) is 76.7 Å². The molecule has 4 fully saturated rings. The monoisotopic (exact) mass is 368 g/mol. The molecule has 0 unspecified atom stereocenters. The highest BCUT2D eigenvalue weighted by atomic mass is 19.3. The highest BCUT2D eigenvalue weighted by Crippen LogP contribution is 2.65. The van der Waals surface area contributed by atoms with E-state index in [4.69, 9.17) is 0 Å². The summed E-state index contributed by atoms with van der Waals surface area (Å²) >= 11 is 0. The molecular formula is C22H34F2O2. The molecule has 0 aliphatic heterocycles. The molecule has 0 radical (unpaired) electrons. The van der Waals surface area contributed by atoms with E-state index < -0.39 is 12.0 Å². The molecule has 0 aromatic heterocycles. The van der Waals surface area contributed by atoms with Gasteiger partial charge in [-0.2, -0.15) is 0 Å². The van der Waals surface area contributed by atoms with Gasteiger partial charge in [0.05, 0.1) is 6.61 Å². The molecule has 4 saturated carbocycles. The lowest BCUT2D eigenvalue weighted by Gasteiger charge is -2.57. The molecule has 4 rings (SSSR count). The zero-order valence-corrected chi connectivity index (χ0v) is 16.0. The molecule has 4 aliphatic rings. The summed E-state index contributed by atoms with van der Waals surface area (Å²) in [5, 5.41) is 19.9. The third-order valence-electron chi connectivity index (χ3n) is 9.15. The van der Waals surface area contributed by atoms with Crippen molar-refractivity contribution in [1.29, 1.82) is 0 Å². The fourth-order valence-corrected chi connectivity index (χ4v) is 7.89. The Kier molecular flexibility index (Phi) is 4.75. The van der Waals surface area contributed by atoms with Crippen LogP contribution in [0.1, 0.15) is 64.7 Å². The number of halogens is 2. The molecule has 4 heteroatoms. The summed E-state index contributed by atoms with van der Waals surface area (Å²) in [4.78, 5) is 0. The van der Waals surface area contributed by atoms with Gasteiger partial charge in [0, 0.05) is 0 Å². The second-order valence-corrected chi connectivity index (χ2v) is 10.1. The third kappa shape index (κ3) is 2.70. The Morgan fingerprint density at radius 1 is 1.04 bits per heavy atom. The van der Waals surface area contributed by atoms with Crippen LogP contribution in [0.25, 0.3) is 0 Å². The van der Waals surface area contributed by atoms with Gasteiger partial charge >= 0.3 is 0 Å². The Labute approximate surface area is 156 Å². The zero-order valence-electron chi connectivity index (χ0n) is 16.0. The van der Waals surface area contributed by atoms with Crippen molar-refractivity contribution in [1.82, 2.24) is 0 Å². The van der Waals surface area contributed by atoms with Gasteiger partial charge in [0.15, 0.2) is 0 Å². The molecule has 0 heterocycles. The van der Waals surface area contributed by atoms with E-state index in [1.807, 2.05) is 0 Å². The number of hydrogen-bond acceptors (Lipinski definition) is 2. The summed E-state index contributed by atoms with van der Waals surface area (Å²) in [5.41, 5.74) is -0.484. The molecule has 0 aromatic carbocycles. The molecule has 148 valence electrons. The van der Waals surface area contributed by atoms with E-state index in [1.165, 1.54) is 19.3 Å². The Morgan fingerprint density at radius 3 is 2.46 bits per heavy atom. The minimum Gasteiger partial charge on any atom is -0.392 e. The molecule has 0 bridgehead atoms. The third-order valence-corrected chi connectivity index (χ3v) is 9.15. The van der Waals surface area contributed by atoms with E-state index in [-0.39, 0.29) is 24.4 Å². The van der Waals surface area contributed by atoms with E-state index in [1.54, 1.807) is 0 Å². The quantitative estimate of drug-likeness (QED) is 0.703. The predicted molar refractivity (Wildman–Crippen MR) is 97.8 cm³/mol. The fourth-order valence-electron chi connectivity index (χ4n) is 7.89. The number of hydrogen-bond donors (Lipinski definition) is 2. The van der Waals surface area contributed by atoms with Crippen molar-refractivity contribution in [3.05, 3.63) is 12.2 Å². The summed E-state index contributed by atoms with van der Waals surface area (Å²) in [6, 6.07) is 0. The molecule has 0 amide bonds. The molecule has 8 atom stereocenters. The summed E-state index contributed by atoms with van der Waals surface area (Å²) in [7, 11) is 0.